The van der Waals surface area contributed by atoms with E-state index in [9.17, 15) is 14.4 Å². The van der Waals surface area contributed by atoms with Gasteiger partial charge in [-0.3, -0.25) is 24.6 Å². The molecular formula is C17H12N4O3. The first-order valence-corrected chi connectivity index (χ1v) is 7.33. The zero-order valence-electron chi connectivity index (χ0n) is 12.4. The SMILES string of the molecule is O=c1[nH]c2cc3c(=O)[nH][nH]c(=O)c3cc2nc1Cc1ccccc1. The number of H-pyrrole nitrogens is 3. The summed E-state index contributed by atoms with van der Waals surface area (Å²) in [6.07, 6.45) is 0.385. The lowest BCUT2D eigenvalue weighted by molar-refractivity contribution is 0.976. The van der Waals surface area contributed by atoms with Crippen molar-refractivity contribution in [3.63, 3.8) is 0 Å². The molecule has 2 aromatic carbocycles. The summed E-state index contributed by atoms with van der Waals surface area (Å²) in [5, 5.41) is 4.98. The van der Waals surface area contributed by atoms with Crippen LogP contribution in [0.1, 0.15) is 11.3 Å². The maximum absolute atomic E-state index is 12.3. The third-order valence-corrected chi connectivity index (χ3v) is 3.89. The van der Waals surface area contributed by atoms with Crippen molar-refractivity contribution in [2.24, 2.45) is 0 Å². The Hall–Kier alpha value is -3.48. The molecule has 3 N–H and O–H groups in total. The largest absolute Gasteiger partial charge is 0.319 e. The smallest absolute Gasteiger partial charge is 0.270 e. The van der Waals surface area contributed by atoms with E-state index in [-0.39, 0.29) is 16.3 Å². The van der Waals surface area contributed by atoms with E-state index in [1.54, 1.807) is 0 Å². The molecule has 0 amide bonds. The van der Waals surface area contributed by atoms with Crippen molar-refractivity contribution < 1.29 is 0 Å². The minimum absolute atomic E-state index is 0.208. The van der Waals surface area contributed by atoms with Crippen LogP contribution in [0.15, 0.2) is 56.8 Å². The van der Waals surface area contributed by atoms with Gasteiger partial charge in [0.1, 0.15) is 5.69 Å². The molecule has 118 valence electrons. The fraction of sp³-hybridized carbons (Fsp3) is 0.0588. The number of aromatic amines is 3. The van der Waals surface area contributed by atoms with Gasteiger partial charge >= 0.3 is 0 Å². The number of hydrogen-bond donors (Lipinski definition) is 3. The van der Waals surface area contributed by atoms with E-state index in [1.165, 1.54) is 12.1 Å². The molecule has 7 heteroatoms. The Balaban J connectivity index is 1.95. The van der Waals surface area contributed by atoms with Crippen LogP contribution in [0.4, 0.5) is 0 Å². The van der Waals surface area contributed by atoms with Gasteiger partial charge in [-0.15, -0.1) is 0 Å². The van der Waals surface area contributed by atoms with E-state index in [0.717, 1.165) is 5.56 Å². The molecule has 0 unspecified atom stereocenters. The molecule has 0 fully saturated rings. The van der Waals surface area contributed by atoms with Crippen LogP contribution in [0.25, 0.3) is 21.8 Å². The fourth-order valence-electron chi connectivity index (χ4n) is 2.70. The molecule has 4 aromatic rings. The van der Waals surface area contributed by atoms with E-state index in [4.69, 9.17) is 0 Å². The number of aromatic nitrogens is 4. The number of nitrogens with one attached hydrogen (secondary N) is 3. The zero-order chi connectivity index (χ0) is 16.7. The molecule has 0 saturated carbocycles. The summed E-state index contributed by atoms with van der Waals surface area (Å²) >= 11 is 0. The summed E-state index contributed by atoms with van der Waals surface area (Å²) in [6.45, 7) is 0. The van der Waals surface area contributed by atoms with Gasteiger partial charge in [-0.25, -0.2) is 4.98 Å². The van der Waals surface area contributed by atoms with Gasteiger partial charge in [0.05, 0.1) is 21.8 Å². The lowest BCUT2D eigenvalue weighted by Crippen LogP contribution is -2.20. The van der Waals surface area contributed by atoms with E-state index in [1.807, 2.05) is 30.3 Å². The molecule has 0 saturated heterocycles. The normalized spacial score (nSPS) is 11.2. The molecule has 0 bridgehead atoms. The minimum Gasteiger partial charge on any atom is -0.319 e. The molecule has 0 aliphatic heterocycles. The monoisotopic (exact) mass is 320 g/mol. The van der Waals surface area contributed by atoms with Gasteiger partial charge in [0.2, 0.25) is 0 Å². The van der Waals surface area contributed by atoms with Crippen molar-refractivity contribution in [2.75, 3.05) is 0 Å². The first-order valence-electron chi connectivity index (χ1n) is 7.33. The minimum atomic E-state index is -0.430. The summed E-state index contributed by atoms with van der Waals surface area (Å²) in [7, 11) is 0. The molecule has 0 aliphatic carbocycles. The Labute approximate surface area is 134 Å². The summed E-state index contributed by atoms with van der Waals surface area (Å²) < 4.78 is 0. The van der Waals surface area contributed by atoms with Crippen molar-refractivity contribution in [2.45, 2.75) is 6.42 Å². The van der Waals surface area contributed by atoms with E-state index in [2.05, 4.69) is 20.2 Å². The van der Waals surface area contributed by atoms with Gasteiger partial charge in [0, 0.05) is 6.42 Å². The molecule has 2 aromatic heterocycles. The van der Waals surface area contributed by atoms with Crippen LogP contribution in [0.2, 0.25) is 0 Å². The highest BCUT2D eigenvalue weighted by Gasteiger charge is 2.10. The lowest BCUT2D eigenvalue weighted by Gasteiger charge is -2.04. The Morgan fingerprint density at radius 1 is 0.833 bits per heavy atom. The molecule has 0 aliphatic rings. The highest BCUT2D eigenvalue weighted by atomic mass is 16.1. The first kappa shape index (κ1) is 14.1. The summed E-state index contributed by atoms with van der Waals surface area (Å²) in [4.78, 5) is 43.1. The van der Waals surface area contributed by atoms with Gasteiger partial charge in [-0.1, -0.05) is 30.3 Å². The molecule has 24 heavy (non-hydrogen) atoms. The van der Waals surface area contributed by atoms with Crippen LogP contribution in [0, 0.1) is 0 Å². The van der Waals surface area contributed by atoms with Gasteiger partial charge in [0.15, 0.2) is 0 Å². The number of rotatable bonds is 2. The second-order valence-electron chi connectivity index (χ2n) is 5.50. The third-order valence-electron chi connectivity index (χ3n) is 3.89. The highest BCUT2D eigenvalue weighted by Crippen LogP contribution is 2.14. The van der Waals surface area contributed by atoms with Gasteiger partial charge in [-0.2, -0.15) is 0 Å². The number of hydrogen-bond acceptors (Lipinski definition) is 4. The Morgan fingerprint density at radius 2 is 1.50 bits per heavy atom. The van der Waals surface area contributed by atoms with E-state index in [0.29, 0.717) is 23.1 Å². The predicted molar refractivity (Wildman–Crippen MR) is 90.4 cm³/mol. The summed E-state index contributed by atoms with van der Waals surface area (Å²) in [5.41, 5.74) is 1.04. The lowest BCUT2D eigenvalue weighted by atomic mass is 10.1. The Morgan fingerprint density at radius 3 is 2.21 bits per heavy atom. The quantitative estimate of drug-likeness (QED) is 0.479. The maximum Gasteiger partial charge on any atom is 0.270 e. The summed E-state index contributed by atoms with van der Waals surface area (Å²) in [5.74, 6) is 0. The van der Waals surface area contributed by atoms with Crippen LogP contribution < -0.4 is 16.7 Å². The second kappa shape index (κ2) is 5.31. The molecule has 7 nitrogen and oxygen atoms in total. The number of fused-ring (bicyclic) bond motifs is 2. The molecule has 4 rings (SSSR count). The van der Waals surface area contributed by atoms with Crippen molar-refractivity contribution in [1.29, 1.82) is 0 Å². The van der Waals surface area contributed by atoms with Gasteiger partial charge in [0.25, 0.3) is 16.7 Å². The molecule has 2 heterocycles. The van der Waals surface area contributed by atoms with E-state index >= 15 is 0 Å². The average molecular weight is 320 g/mol. The standard InChI is InChI=1S/C17H12N4O3/c22-15-10-7-12-13(8-11(10)16(23)21-20-15)19-17(24)14(18-12)6-9-4-2-1-3-5-9/h1-5,7-8H,6H2,(H,19,24)(H,20,22)(H,21,23). The van der Waals surface area contributed by atoms with Crippen LogP contribution in [-0.4, -0.2) is 20.2 Å². The Kier molecular flexibility index (Phi) is 3.13. The molecule has 0 radical (unpaired) electrons. The fourth-order valence-corrected chi connectivity index (χ4v) is 2.70. The van der Waals surface area contributed by atoms with Crippen LogP contribution in [0.5, 0.6) is 0 Å². The average Bonchev–Trinajstić information content (AvgIpc) is 2.59. The molecule has 0 spiro atoms. The van der Waals surface area contributed by atoms with Gasteiger partial charge < -0.3 is 4.98 Å². The van der Waals surface area contributed by atoms with Crippen LogP contribution in [-0.2, 0) is 6.42 Å². The van der Waals surface area contributed by atoms with E-state index < -0.39 is 11.1 Å². The third kappa shape index (κ3) is 2.32. The van der Waals surface area contributed by atoms with Crippen molar-refractivity contribution in [1.82, 2.24) is 20.2 Å². The van der Waals surface area contributed by atoms with Crippen molar-refractivity contribution in [3.8, 4) is 0 Å². The van der Waals surface area contributed by atoms with Crippen LogP contribution >= 0.6 is 0 Å². The Bertz CT molecular complexity index is 1240. The number of benzene rings is 2. The summed E-state index contributed by atoms with van der Waals surface area (Å²) in [6, 6.07) is 12.5. The number of nitrogens with zero attached hydrogens (tertiary/aromatic N) is 1. The topological polar surface area (TPSA) is 111 Å². The molecule has 0 atom stereocenters. The predicted octanol–water partition coefficient (Wildman–Crippen LogP) is 1.04. The zero-order valence-corrected chi connectivity index (χ0v) is 12.4. The second-order valence-corrected chi connectivity index (χ2v) is 5.50. The van der Waals surface area contributed by atoms with Crippen molar-refractivity contribution in [3.05, 3.63) is 84.8 Å². The van der Waals surface area contributed by atoms with Crippen molar-refractivity contribution >= 4 is 21.8 Å². The van der Waals surface area contributed by atoms with Crippen LogP contribution in [0.3, 0.4) is 0 Å². The first-order chi connectivity index (χ1) is 11.6. The maximum atomic E-state index is 12.3. The molecular weight excluding hydrogens is 308 g/mol. The highest BCUT2D eigenvalue weighted by molar-refractivity contribution is 5.93. The van der Waals surface area contributed by atoms with Gasteiger partial charge in [-0.05, 0) is 17.7 Å².